The molecule has 0 amide bonds. The molecule has 7 heteroatoms. The molecule has 1 aromatic rings. The largest absolute Gasteiger partial charge is 0.377 e. The molecule has 0 unspecified atom stereocenters. The first kappa shape index (κ1) is 13.3. The van der Waals surface area contributed by atoms with Gasteiger partial charge in [0.15, 0.2) is 11.5 Å². The number of H-pyrrole nitrogens is 1. The van der Waals surface area contributed by atoms with Crippen LogP contribution >= 0.6 is 0 Å². The number of hydrogen-bond acceptors (Lipinski definition) is 5. The van der Waals surface area contributed by atoms with Crippen LogP contribution in [0.15, 0.2) is 21.7 Å². The van der Waals surface area contributed by atoms with Gasteiger partial charge in [-0.25, -0.2) is 9.78 Å². The predicted molar refractivity (Wildman–Crippen MR) is 81.1 cm³/mol. The summed E-state index contributed by atoms with van der Waals surface area (Å²) in [5.74, 6) is 0.282. The van der Waals surface area contributed by atoms with Crippen LogP contribution in [0.2, 0.25) is 0 Å². The Balaban J connectivity index is 2.52. The lowest BCUT2D eigenvalue weighted by Gasteiger charge is -2.19. The molecule has 3 rings (SSSR count). The van der Waals surface area contributed by atoms with Gasteiger partial charge < -0.3 is 9.47 Å². The third-order valence-corrected chi connectivity index (χ3v) is 3.54. The van der Waals surface area contributed by atoms with E-state index >= 15 is 0 Å². The quantitative estimate of drug-likeness (QED) is 0.658. The standard InChI is InChI=1S/C14H15N5O2/c1-7-5-8-10(6-9(7)18(2)3)19(4)12-11(15-8)13(20)17-14(21)16-12/h5-6H,1-4H3,(H,17,20,21). The number of nitrogens with one attached hydrogen (secondary N) is 1. The Morgan fingerprint density at radius 3 is 2.57 bits per heavy atom. The summed E-state index contributed by atoms with van der Waals surface area (Å²) in [7, 11) is 5.69. The summed E-state index contributed by atoms with van der Waals surface area (Å²) < 4.78 is 1.72. The summed E-state index contributed by atoms with van der Waals surface area (Å²) in [6, 6.07) is 3.90. The van der Waals surface area contributed by atoms with Crippen LogP contribution in [0.4, 0.5) is 5.69 Å². The minimum Gasteiger partial charge on any atom is -0.377 e. The molecule has 2 aliphatic rings. The molecular formula is C14H15N5O2. The summed E-state index contributed by atoms with van der Waals surface area (Å²) in [6.45, 7) is 1.99. The normalized spacial score (nSPS) is 11.2. The van der Waals surface area contributed by atoms with Crippen molar-refractivity contribution in [2.24, 2.45) is 7.05 Å². The van der Waals surface area contributed by atoms with E-state index < -0.39 is 11.2 Å². The van der Waals surface area contributed by atoms with Crippen molar-refractivity contribution in [2.45, 2.75) is 6.92 Å². The van der Waals surface area contributed by atoms with Crippen LogP contribution in [0.3, 0.4) is 0 Å². The smallest absolute Gasteiger partial charge is 0.349 e. The molecule has 0 fully saturated rings. The molecular weight excluding hydrogens is 270 g/mol. The van der Waals surface area contributed by atoms with Crippen molar-refractivity contribution in [3.63, 3.8) is 0 Å². The van der Waals surface area contributed by atoms with Crippen LogP contribution in [0.1, 0.15) is 5.56 Å². The van der Waals surface area contributed by atoms with Gasteiger partial charge in [-0.15, -0.1) is 0 Å². The maximum absolute atomic E-state index is 11.9. The molecule has 0 atom stereocenters. The number of nitrogens with zero attached hydrogens (tertiary/aromatic N) is 4. The van der Waals surface area contributed by atoms with Gasteiger partial charge in [-0.05, 0) is 24.6 Å². The Hall–Kier alpha value is -2.70. The van der Waals surface area contributed by atoms with Crippen LogP contribution < -0.4 is 16.1 Å². The first-order chi connectivity index (χ1) is 9.88. The highest BCUT2D eigenvalue weighted by Gasteiger charge is 2.17. The summed E-state index contributed by atoms with van der Waals surface area (Å²) in [6.07, 6.45) is 0. The highest BCUT2D eigenvalue weighted by atomic mass is 16.2. The lowest BCUT2D eigenvalue weighted by molar-refractivity contribution is 0.870. The number of fused-ring (bicyclic) bond motifs is 2. The topological polar surface area (TPSA) is 83.9 Å². The van der Waals surface area contributed by atoms with Crippen molar-refractivity contribution < 1.29 is 0 Å². The highest BCUT2D eigenvalue weighted by molar-refractivity contribution is 5.84. The van der Waals surface area contributed by atoms with Crippen molar-refractivity contribution in [1.29, 1.82) is 0 Å². The molecule has 0 bridgehead atoms. The van der Waals surface area contributed by atoms with E-state index in [1.807, 2.05) is 38.1 Å². The molecule has 0 radical (unpaired) electrons. The number of aromatic nitrogens is 4. The van der Waals surface area contributed by atoms with E-state index in [0.29, 0.717) is 5.52 Å². The number of aromatic amines is 1. The lowest BCUT2D eigenvalue weighted by Crippen LogP contribution is -2.28. The SMILES string of the molecule is Cc1cc2nc3c(=O)[nH]c(=O)nc-3n(C)c2cc1N(C)C. The second-order valence-electron chi connectivity index (χ2n) is 5.24. The molecule has 1 N–H and O–H groups in total. The van der Waals surface area contributed by atoms with Crippen molar-refractivity contribution in [1.82, 2.24) is 19.5 Å². The fraction of sp³-hybridized carbons (Fsp3) is 0.286. The summed E-state index contributed by atoms with van der Waals surface area (Å²) in [5.41, 5.74) is 2.60. The van der Waals surface area contributed by atoms with Crippen molar-refractivity contribution >= 4 is 16.7 Å². The van der Waals surface area contributed by atoms with E-state index in [1.165, 1.54) is 0 Å². The fourth-order valence-corrected chi connectivity index (χ4v) is 2.51. The maximum Gasteiger partial charge on any atom is 0.349 e. The average Bonchev–Trinajstić information content (AvgIpc) is 2.39. The van der Waals surface area contributed by atoms with Crippen LogP contribution in [-0.2, 0) is 7.05 Å². The van der Waals surface area contributed by atoms with E-state index in [-0.39, 0.29) is 11.5 Å². The molecule has 0 saturated heterocycles. The number of hydrogen-bond donors (Lipinski definition) is 1. The van der Waals surface area contributed by atoms with E-state index in [9.17, 15) is 9.59 Å². The molecule has 0 spiro atoms. The van der Waals surface area contributed by atoms with Gasteiger partial charge in [0, 0.05) is 26.8 Å². The number of anilines is 1. The zero-order chi connectivity index (χ0) is 15.3. The summed E-state index contributed by atoms with van der Waals surface area (Å²) in [5, 5.41) is 0. The predicted octanol–water partition coefficient (Wildman–Crippen LogP) is 0.496. The van der Waals surface area contributed by atoms with E-state index in [1.54, 1.807) is 11.6 Å². The Kier molecular flexibility index (Phi) is 2.79. The van der Waals surface area contributed by atoms with Crippen LogP contribution in [-0.4, -0.2) is 33.6 Å². The number of rotatable bonds is 1. The zero-order valence-corrected chi connectivity index (χ0v) is 12.3. The molecule has 0 aliphatic carbocycles. The monoisotopic (exact) mass is 285 g/mol. The summed E-state index contributed by atoms with van der Waals surface area (Å²) in [4.78, 5) is 35.6. The maximum atomic E-state index is 11.9. The van der Waals surface area contributed by atoms with Gasteiger partial charge in [-0.1, -0.05) is 0 Å². The van der Waals surface area contributed by atoms with Gasteiger partial charge >= 0.3 is 5.69 Å². The fourth-order valence-electron chi connectivity index (χ4n) is 2.51. The molecule has 2 heterocycles. The molecule has 7 nitrogen and oxygen atoms in total. The minimum absolute atomic E-state index is 0.168. The van der Waals surface area contributed by atoms with Gasteiger partial charge in [-0.3, -0.25) is 9.78 Å². The van der Waals surface area contributed by atoms with Gasteiger partial charge in [0.2, 0.25) is 0 Å². The first-order valence-corrected chi connectivity index (χ1v) is 6.47. The number of aryl methyl sites for hydroxylation is 2. The van der Waals surface area contributed by atoms with Gasteiger partial charge in [0.05, 0.1) is 11.0 Å². The Bertz CT molecular complexity index is 939. The minimum atomic E-state index is -0.663. The van der Waals surface area contributed by atoms with Crippen molar-refractivity contribution in [3.8, 4) is 11.5 Å². The third kappa shape index (κ3) is 1.97. The Morgan fingerprint density at radius 1 is 1.19 bits per heavy atom. The van der Waals surface area contributed by atoms with Crippen molar-refractivity contribution in [2.75, 3.05) is 19.0 Å². The molecule has 0 saturated carbocycles. The lowest BCUT2D eigenvalue weighted by atomic mass is 10.1. The molecule has 108 valence electrons. The van der Waals surface area contributed by atoms with E-state index in [2.05, 4.69) is 15.0 Å². The van der Waals surface area contributed by atoms with E-state index in [4.69, 9.17) is 0 Å². The Morgan fingerprint density at radius 2 is 1.90 bits per heavy atom. The average molecular weight is 285 g/mol. The molecule has 2 aliphatic heterocycles. The van der Waals surface area contributed by atoms with Gasteiger partial charge in [-0.2, -0.15) is 4.98 Å². The molecule has 21 heavy (non-hydrogen) atoms. The van der Waals surface area contributed by atoms with Crippen LogP contribution in [0.25, 0.3) is 22.6 Å². The highest BCUT2D eigenvalue weighted by Crippen LogP contribution is 2.26. The van der Waals surface area contributed by atoms with Gasteiger partial charge in [0.1, 0.15) is 0 Å². The zero-order valence-electron chi connectivity index (χ0n) is 12.3. The Labute approximate surface area is 120 Å². The second kappa shape index (κ2) is 4.41. The van der Waals surface area contributed by atoms with E-state index in [0.717, 1.165) is 16.8 Å². The van der Waals surface area contributed by atoms with Crippen LogP contribution in [0.5, 0.6) is 0 Å². The third-order valence-electron chi connectivity index (χ3n) is 3.54. The first-order valence-electron chi connectivity index (χ1n) is 6.47. The van der Waals surface area contributed by atoms with Crippen LogP contribution in [0, 0.1) is 6.92 Å². The second-order valence-corrected chi connectivity index (χ2v) is 5.24. The number of benzene rings is 1. The molecule has 0 aromatic heterocycles. The summed E-state index contributed by atoms with van der Waals surface area (Å²) >= 11 is 0. The van der Waals surface area contributed by atoms with Gasteiger partial charge in [0.25, 0.3) is 5.56 Å². The molecule has 1 aromatic carbocycles. The van der Waals surface area contributed by atoms with Crippen molar-refractivity contribution in [3.05, 3.63) is 38.5 Å².